The second kappa shape index (κ2) is 9.70. The highest BCUT2D eigenvalue weighted by atomic mass is 19.1. The summed E-state index contributed by atoms with van der Waals surface area (Å²) in [7, 11) is 1.57. The molecule has 0 amide bonds. The molecular weight excluding hydrogens is 445 g/mol. The SMILES string of the molecule is COc1ccc(F)cc1C(C)(C)CC(O)(CNc1ccc2c(c1)COC2=O)Cc1ccccc1C. The van der Waals surface area contributed by atoms with E-state index in [4.69, 9.17) is 9.47 Å². The van der Waals surface area contributed by atoms with Crippen molar-refractivity contribution >= 4 is 11.7 Å². The molecule has 0 aliphatic carbocycles. The maximum atomic E-state index is 14.2. The van der Waals surface area contributed by atoms with Gasteiger partial charge in [-0.25, -0.2) is 9.18 Å². The van der Waals surface area contributed by atoms with Gasteiger partial charge in [0.1, 0.15) is 18.2 Å². The van der Waals surface area contributed by atoms with Crippen LogP contribution in [-0.4, -0.2) is 30.3 Å². The van der Waals surface area contributed by atoms with E-state index in [1.807, 2.05) is 57.2 Å². The number of aryl methyl sites for hydroxylation is 1. The van der Waals surface area contributed by atoms with Crippen LogP contribution in [0, 0.1) is 12.7 Å². The molecule has 5 nitrogen and oxygen atoms in total. The zero-order chi connectivity index (χ0) is 25.2. The number of esters is 1. The third-order valence-electron chi connectivity index (χ3n) is 6.75. The quantitative estimate of drug-likeness (QED) is 0.395. The number of hydrogen-bond acceptors (Lipinski definition) is 5. The van der Waals surface area contributed by atoms with Gasteiger partial charge in [-0.15, -0.1) is 0 Å². The minimum absolute atomic E-state index is 0.254. The first kappa shape index (κ1) is 24.7. The summed E-state index contributed by atoms with van der Waals surface area (Å²) < 4.78 is 24.8. The molecule has 3 aromatic carbocycles. The van der Waals surface area contributed by atoms with Crippen molar-refractivity contribution in [3.8, 4) is 5.75 Å². The van der Waals surface area contributed by atoms with Gasteiger partial charge in [-0.1, -0.05) is 38.1 Å². The van der Waals surface area contributed by atoms with Crippen LogP contribution < -0.4 is 10.1 Å². The Morgan fingerprint density at radius 1 is 1.11 bits per heavy atom. The summed E-state index contributed by atoms with van der Waals surface area (Å²) >= 11 is 0. The molecule has 6 heteroatoms. The minimum Gasteiger partial charge on any atom is -0.496 e. The molecule has 1 heterocycles. The largest absolute Gasteiger partial charge is 0.496 e. The lowest BCUT2D eigenvalue weighted by molar-refractivity contribution is 0.0252. The van der Waals surface area contributed by atoms with E-state index in [1.54, 1.807) is 19.2 Å². The lowest BCUT2D eigenvalue weighted by Gasteiger charge is -2.38. The molecule has 1 aliphatic rings. The molecule has 4 rings (SSSR count). The average molecular weight is 478 g/mol. The van der Waals surface area contributed by atoms with Crippen LogP contribution in [0.4, 0.5) is 10.1 Å². The first-order valence-electron chi connectivity index (χ1n) is 11.8. The van der Waals surface area contributed by atoms with Crippen molar-refractivity contribution in [2.75, 3.05) is 19.0 Å². The number of halogens is 1. The van der Waals surface area contributed by atoms with Crippen LogP contribution >= 0.6 is 0 Å². The molecule has 1 unspecified atom stereocenters. The van der Waals surface area contributed by atoms with Gasteiger partial charge in [0.05, 0.1) is 18.3 Å². The third kappa shape index (κ3) is 5.49. The van der Waals surface area contributed by atoms with Crippen LogP contribution in [0.15, 0.2) is 60.7 Å². The van der Waals surface area contributed by atoms with Gasteiger partial charge in [-0.2, -0.15) is 0 Å². The highest BCUT2D eigenvalue weighted by Gasteiger charge is 2.38. The number of rotatable bonds is 9. The molecule has 0 saturated heterocycles. The summed E-state index contributed by atoms with van der Waals surface area (Å²) in [6.45, 7) is 6.53. The fourth-order valence-electron chi connectivity index (χ4n) is 4.99. The van der Waals surface area contributed by atoms with E-state index >= 15 is 0 Å². The van der Waals surface area contributed by atoms with Crippen molar-refractivity contribution in [3.63, 3.8) is 0 Å². The van der Waals surface area contributed by atoms with Crippen molar-refractivity contribution in [2.45, 2.75) is 51.2 Å². The normalized spacial score (nSPS) is 14.7. The average Bonchev–Trinajstić information content (AvgIpc) is 3.19. The summed E-state index contributed by atoms with van der Waals surface area (Å²) in [4.78, 5) is 11.8. The first-order chi connectivity index (χ1) is 16.6. The summed E-state index contributed by atoms with van der Waals surface area (Å²) in [6.07, 6.45) is 0.772. The van der Waals surface area contributed by atoms with Crippen LogP contribution in [0.1, 0.15) is 52.9 Å². The number of carbonyl (C=O) groups excluding carboxylic acids is 1. The third-order valence-corrected chi connectivity index (χ3v) is 6.75. The predicted octanol–water partition coefficient (Wildman–Crippen LogP) is 5.57. The Morgan fingerprint density at radius 2 is 1.89 bits per heavy atom. The van der Waals surface area contributed by atoms with E-state index in [0.717, 1.165) is 22.4 Å². The minimum atomic E-state index is -1.17. The van der Waals surface area contributed by atoms with Gasteiger partial charge in [0.2, 0.25) is 0 Å². The Morgan fingerprint density at radius 3 is 2.63 bits per heavy atom. The van der Waals surface area contributed by atoms with E-state index < -0.39 is 11.0 Å². The lowest BCUT2D eigenvalue weighted by atomic mass is 9.72. The molecule has 1 atom stereocenters. The molecule has 2 N–H and O–H groups in total. The van der Waals surface area contributed by atoms with E-state index in [1.165, 1.54) is 12.1 Å². The summed E-state index contributed by atoms with van der Waals surface area (Å²) in [6, 6.07) is 17.9. The van der Waals surface area contributed by atoms with E-state index in [9.17, 15) is 14.3 Å². The van der Waals surface area contributed by atoms with Crippen LogP contribution in [0.2, 0.25) is 0 Å². The molecule has 0 aromatic heterocycles. The van der Waals surface area contributed by atoms with Crippen LogP contribution in [0.5, 0.6) is 5.75 Å². The topological polar surface area (TPSA) is 67.8 Å². The Labute approximate surface area is 205 Å². The molecule has 0 bridgehead atoms. The number of nitrogens with one attached hydrogen (secondary N) is 1. The molecule has 35 heavy (non-hydrogen) atoms. The van der Waals surface area contributed by atoms with Gasteiger partial charge in [-0.05, 0) is 66.3 Å². The maximum absolute atomic E-state index is 14.2. The van der Waals surface area contributed by atoms with Crippen LogP contribution in [-0.2, 0) is 23.2 Å². The highest BCUT2D eigenvalue weighted by molar-refractivity contribution is 5.93. The van der Waals surface area contributed by atoms with Crippen molar-refractivity contribution in [1.82, 2.24) is 0 Å². The van der Waals surface area contributed by atoms with E-state index in [-0.39, 0.29) is 24.9 Å². The number of anilines is 1. The molecule has 184 valence electrons. The van der Waals surface area contributed by atoms with Crippen molar-refractivity contribution in [2.24, 2.45) is 0 Å². The molecular formula is C29H32FNO4. The Bertz CT molecular complexity index is 1240. The fraction of sp³-hybridized carbons (Fsp3) is 0.345. The summed E-state index contributed by atoms with van der Waals surface area (Å²) in [5.41, 5.74) is 3.29. The zero-order valence-corrected chi connectivity index (χ0v) is 20.7. The number of cyclic esters (lactones) is 1. The number of benzene rings is 3. The van der Waals surface area contributed by atoms with Crippen molar-refractivity contribution in [3.05, 3.63) is 94.3 Å². The number of methoxy groups -OCH3 is 1. The summed E-state index contributed by atoms with van der Waals surface area (Å²) in [5.74, 6) is -0.0661. The number of ether oxygens (including phenoxy) is 2. The Balaban J connectivity index is 1.63. The second-order valence-corrected chi connectivity index (χ2v) is 10.0. The van der Waals surface area contributed by atoms with Gasteiger partial charge >= 0.3 is 5.97 Å². The maximum Gasteiger partial charge on any atom is 0.338 e. The van der Waals surface area contributed by atoms with Gasteiger partial charge in [0.15, 0.2) is 0 Å². The van der Waals surface area contributed by atoms with Crippen LogP contribution in [0.25, 0.3) is 0 Å². The van der Waals surface area contributed by atoms with Crippen molar-refractivity contribution in [1.29, 1.82) is 0 Å². The van der Waals surface area contributed by atoms with Gasteiger partial charge in [0, 0.05) is 29.8 Å². The smallest absolute Gasteiger partial charge is 0.338 e. The van der Waals surface area contributed by atoms with E-state index in [0.29, 0.717) is 29.7 Å². The van der Waals surface area contributed by atoms with Crippen LogP contribution in [0.3, 0.4) is 0 Å². The standard InChI is InChI=1S/C29H32FNO4/c1-19-7-5-6-8-20(19)15-29(33,17-28(2,3)25-14-22(30)9-12-26(25)34-4)18-31-23-10-11-24-21(13-23)16-35-27(24)32/h5-14,31,33H,15-18H2,1-4H3. The first-order valence-corrected chi connectivity index (χ1v) is 11.8. The molecule has 0 saturated carbocycles. The Hall–Kier alpha value is -3.38. The van der Waals surface area contributed by atoms with Gasteiger partial charge in [0.25, 0.3) is 0 Å². The number of fused-ring (bicyclic) bond motifs is 1. The molecule has 0 spiro atoms. The lowest BCUT2D eigenvalue weighted by Crippen LogP contribution is -2.44. The molecule has 0 fully saturated rings. The number of carbonyl (C=O) groups is 1. The predicted molar refractivity (Wildman–Crippen MR) is 134 cm³/mol. The second-order valence-electron chi connectivity index (χ2n) is 10.0. The molecule has 3 aromatic rings. The van der Waals surface area contributed by atoms with Gasteiger partial charge in [-0.3, -0.25) is 0 Å². The van der Waals surface area contributed by atoms with Crippen molar-refractivity contribution < 1.29 is 23.8 Å². The van der Waals surface area contributed by atoms with E-state index in [2.05, 4.69) is 5.32 Å². The highest BCUT2D eigenvalue weighted by Crippen LogP contribution is 2.39. The summed E-state index contributed by atoms with van der Waals surface area (Å²) in [5, 5.41) is 15.4. The molecule has 0 radical (unpaired) electrons. The number of hydrogen-bond donors (Lipinski definition) is 2. The zero-order valence-electron chi connectivity index (χ0n) is 20.7. The molecule has 1 aliphatic heterocycles. The fourth-order valence-corrected chi connectivity index (χ4v) is 4.99. The van der Waals surface area contributed by atoms with Gasteiger partial charge < -0.3 is 19.9 Å². The Kier molecular flexibility index (Phi) is 6.86. The number of aliphatic hydroxyl groups is 1. The monoisotopic (exact) mass is 477 g/mol.